The number of carbonyl (C=O) groups excluding carboxylic acids is 1. The molecule has 1 aliphatic heterocycles. The summed E-state index contributed by atoms with van der Waals surface area (Å²) in [6, 6.07) is 3.62. The first-order chi connectivity index (χ1) is 12.2. The molecule has 2 aromatic rings. The SMILES string of the molecule is CCOC(=O)c1ccc(N2CCCN(c3cncc(Cl)n3)CC2)nc1. The fourth-order valence-corrected chi connectivity index (χ4v) is 2.91. The number of rotatable bonds is 4. The van der Waals surface area contributed by atoms with Crippen LogP contribution in [0.25, 0.3) is 0 Å². The fourth-order valence-electron chi connectivity index (χ4n) is 2.77. The summed E-state index contributed by atoms with van der Waals surface area (Å²) in [7, 11) is 0. The summed E-state index contributed by atoms with van der Waals surface area (Å²) in [5, 5.41) is 0.398. The van der Waals surface area contributed by atoms with E-state index in [1.807, 2.05) is 6.07 Å². The van der Waals surface area contributed by atoms with Crippen LogP contribution in [0.15, 0.2) is 30.7 Å². The number of anilines is 2. The Labute approximate surface area is 151 Å². The lowest BCUT2D eigenvalue weighted by molar-refractivity contribution is 0.0526. The van der Waals surface area contributed by atoms with E-state index >= 15 is 0 Å². The first kappa shape index (κ1) is 17.4. The normalized spacial score (nSPS) is 15.0. The van der Waals surface area contributed by atoms with Crippen molar-refractivity contribution in [2.24, 2.45) is 0 Å². The molecule has 0 aliphatic carbocycles. The average Bonchev–Trinajstić information content (AvgIpc) is 2.88. The highest BCUT2D eigenvalue weighted by Gasteiger charge is 2.18. The van der Waals surface area contributed by atoms with Crippen LogP contribution in [0.5, 0.6) is 0 Å². The molecule has 0 unspecified atom stereocenters. The van der Waals surface area contributed by atoms with Crippen LogP contribution in [0.2, 0.25) is 5.15 Å². The van der Waals surface area contributed by atoms with Gasteiger partial charge in [0.1, 0.15) is 16.8 Å². The van der Waals surface area contributed by atoms with Gasteiger partial charge in [-0.3, -0.25) is 4.98 Å². The third-order valence-corrected chi connectivity index (χ3v) is 4.18. The Morgan fingerprint density at radius 1 is 1.12 bits per heavy atom. The van der Waals surface area contributed by atoms with Crippen LogP contribution in [-0.4, -0.2) is 53.7 Å². The van der Waals surface area contributed by atoms with Crippen molar-refractivity contribution in [2.45, 2.75) is 13.3 Å². The van der Waals surface area contributed by atoms with E-state index in [1.54, 1.807) is 25.4 Å². The zero-order valence-electron chi connectivity index (χ0n) is 14.1. The molecule has 0 spiro atoms. The van der Waals surface area contributed by atoms with Gasteiger partial charge in [0.2, 0.25) is 0 Å². The van der Waals surface area contributed by atoms with Crippen LogP contribution in [-0.2, 0) is 4.74 Å². The number of carbonyl (C=O) groups is 1. The number of halogens is 1. The summed E-state index contributed by atoms with van der Waals surface area (Å²) in [5.74, 6) is 1.30. The maximum Gasteiger partial charge on any atom is 0.339 e. The maximum absolute atomic E-state index is 11.7. The van der Waals surface area contributed by atoms with Gasteiger partial charge in [-0.2, -0.15) is 0 Å². The van der Waals surface area contributed by atoms with Crippen molar-refractivity contribution in [3.8, 4) is 0 Å². The minimum Gasteiger partial charge on any atom is -0.462 e. The number of hydrogen-bond donors (Lipinski definition) is 0. The number of nitrogens with zero attached hydrogens (tertiary/aromatic N) is 5. The van der Waals surface area contributed by atoms with E-state index in [4.69, 9.17) is 16.3 Å². The average molecular weight is 362 g/mol. The summed E-state index contributed by atoms with van der Waals surface area (Å²) in [5.41, 5.74) is 0.469. The Morgan fingerprint density at radius 3 is 2.52 bits per heavy atom. The molecule has 0 atom stereocenters. The predicted molar refractivity (Wildman–Crippen MR) is 96.3 cm³/mol. The van der Waals surface area contributed by atoms with Gasteiger partial charge >= 0.3 is 5.97 Å². The lowest BCUT2D eigenvalue weighted by Crippen LogP contribution is -2.31. The second-order valence-electron chi connectivity index (χ2n) is 5.65. The maximum atomic E-state index is 11.7. The largest absolute Gasteiger partial charge is 0.462 e. The van der Waals surface area contributed by atoms with E-state index in [1.165, 1.54) is 6.20 Å². The molecule has 3 rings (SSSR count). The molecule has 0 aromatic carbocycles. The highest BCUT2D eigenvalue weighted by atomic mass is 35.5. The topological polar surface area (TPSA) is 71.5 Å². The first-order valence-corrected chi connectivity index (χ1v) is 8.66. The van der Waals surface area contributed by atoms with Gasteiger partial charge in [-0.15, -0.1) is 0 Å². The number of hydrogen-bond acceptors (Lipinski definition) is 7. The molecule has 8 heteroatoms. The Bertz CT molecular complexity index is 725. The van der Waals surface area contributed by atoms with E-state index in [0.717, 1.165) is 44.2 Å². The summed E-state index contributed by atoms with van der Waals surface area (Å²) in [6.07, 6.45) is 5.80. The Kier molecular flexibility index (Phi) is 5.65. The molecule has 0 bridgehead atoms. The molecule has 2 aromatic heterocycles. The summed E-state index contributed by atoms with van der Waals surface area (Å²) in [6.45, 7) is 5.51. The van der Waals surface area contributed by atoms with Gasteiger partial charge < -0.3 is 14.5 Å². The van der Waals surface area contributed by atoms with Crippen LogP contribution < -0.4 is 9.80 Å². The van der Waals surface area contributed by atoms with E-state index in [0.29, 0.717) is 17.3 Å². The van der Waals surface area contributed by atoms with E-state index in [9.17, 15) is 4.79 Å². The summed E-state index contributed by atoms with van der Waals surface area (Å²) in [4.78, 5) is 28.9. The molecule has 0 radical (unpaired) electrons. The molecule has 7 nitrogen and oxygen atoms in total. The van der Waals surface area contributed by atoms with E-state index in [-0.39, 0.29) is 5.97 Å². The van der Waals surface area contributed by atoms with Crippen molar-refractivity contribution in [1.29, 1.82) is 0 Å². The predicted octanol–water partition coefficient (Wildman–Crippen LogP) is 2.42. The van der Waals surface area contributed by atoms with Gasteiger partial charge in [-0.1, -0.05) is 11.6 Å². The van der Waals surface area contributed by atoms with E-state index in [2.05, 4.69) is 24.8 Å². The molecule has 0 saturated carbocycles. The minimum absolute atomic E-state index is 0.344. The van der Waals surface area contributed by atoms with Crippen LogP contribution in [0.4, 0.5) is 11.6 Å². The smallest absolute Gasteiger partial charge is 0.339 e. The molecule has 132 valence electrons. The van der Waals surface area contributed by atoms with Gasteiger partial charge in [0.25, 0.3) is 0 Å². The minimum atomic E-state index is -0.344. The van der Waals surface area contributed by atoms with Crippen molar-refractivity contribution in [3.63, 3.8) is 0 Å². The molecule has 1 aliphatic rings. The highest BCUT2D eigenvalue weighted by Crippen LogP contribution is 2.18. The van der Waals surface area contributed by atoms with Gasteiger partial charge in [-0.05, 0) is 25.5 Å². The van der Waals surface area contributed by atoms with Gasteiger partial charge in [0.05, 0.1) is 24.6 Å². The molecule has 3 heterocycles. The first-order valence-electron chi connectivity index (χ1n) is 8.28. The van der Waals surface area contributed by atoms with Gasteiger partial charge in [0.15, 0.2) is 0 Å². The molecule has 25 heavy (non-hydrogen) atoms. The lowest BCUT2D eigenvalue weighted by atomic mass is 10.2. The molecular weight excluding hydrogens is 342 g/mol. The molecule has 1 fully saturated rings. The highest BCUT2D eigenvalue weighted by molar-refractivity contribution is 6.29. The van der Waals surface area contributed by atoms with E-state index < -0.39 is 0 Å². The third-order valence-electron chi connectivity index (χ3n) is 4.00. The zero-order chi connectivity index (χ0) is 17.6. The second kappa shape index (κ2) is 8.11. The quantitative estimate of drug-likeness (QED) is 0.774. The Balaban J connectivity index is 1.65. The monoisotopic (exact) mass is 361 g/mol. The number of pyridine rings is 1. The van der Waals surface area contributed by atoms with Crippen LogP contribution >= 0.6 is 11.6 Å². The third kappa shape index (κ3) is 4.36. The molecule has 1 saturated heterocycles. The van der Waals surface area contributed by atoms with Crippen LogP contribution in [0, 0.1) is 0 Å². The molecular formula is C17H20ClN5O2. The van der Waals surface area contributed by atoms with Crippen molar-refractivity contribution in [2.75, 3.05) is 42.6 Å². The number of ether oxygens (including phenoxy) is 1. The zero-order valence-corrected chi connectivity index (χ0v) is 14.8. The Hall–Kier alpha value is -2.41. The Morgan fingerprint density at radius 2 is 1.88 bits per heavy atom. The second-order valence-corrected chi connectivity index (χ2v) is 6.04. The van der Waals surface area contributed by atoms with Crippen molar-refractivity contribution >= 4 is 29.2 Å². The molecule has 0 amide bonds. The number of esters is 1. The lowest BCUT2D eigenvalue weighted by Gasteiger charge is -2.23. The van der Waals surface area contributed by atoms with Gasteiger partial charge in [-0.25, -0.2) is 14.8 Å². The standard InChI is InChI=1S/C17H20ClN5O2/c1-2-25-17(24)13-4-5-15(20-10-13)22-6-3-7-23(9-8-22)16-12-19-11-14(18)21-16/h4-5,10-12H,2-3,6-9H2,1H3. The van der Waals surface area contributed by atoms with Crippen LogP contribution in [0.3, 0.4) is 0 Å². The fraction of sp³-hybridized carbons (Fsp3) is 0.412. The van der Waals surface area contributed by atoms with Crippen molar-refractivity contribution < 1.29 is 9.53 Å². The molecule has 0 N–H and O–H groups in total. The van der Waals surface area contributed by atoms with Crippen molar-refractivity contribution in [1.82, 2.24) is 15.0 Å². The van der Waals surface area contributed by atoms with Crippen LogP contribution in [0.1, 0.15) is 23.7 Å². The number of aromatic nitrogens is 3. The van der Waals surface area contributed by atoms with Crippen molar-refractivity contribution in [3.05, 3.63) is 41.4 Å². The summed E-state index contributed by atoms with van der Waals surface area (Å²) >= 11 is 5.93. The van der Waals surface area contributed by atoms with Gasteiger partial charge in [0, 0.05) is 32.4 Å². The summed E-state index contributed by atoms with van der Waals surface area (Å²) < 4.78 is 4.98.